The van der Waals surface area contributed by atoms with E-state index in [1.165, 1.54) is 6.07 Å². The minimum atomic E-state index is -1.88. The van der Waals surface area contributed by atoms with Crippen LogP contribution in [0.2, 0.25) is 18.1 Å². The third-order valence-corrected chi connectivity index (χ3v) is 10.7. The van der Waals surface area contributed by atoms with Gasteiger partial charge in [0.1, 0.15) is 5.82 Å². The summed E-state index contributed by atoms with van der Waals surface area (Å²) in [5, 5.41) is 0.157. The highest BCUT2D eigenvalue weighted by Gasteiger charge is 2.45. The van der Waals surface area contributed by atoms with Gasteiger partial charge in [-0.25, -0.2) is 4.39 Å². The second-order valence-electron chi connectivity index (χ2n) is 8.69. The van der Waals surface area contributed by atoms with E-state index in [0.29, 0.717) is 5.56 Å². The number of rotatable bonds is 4. The molecule has 0 bridgehead atoms. The molecule has 0 aliphatic carbocycles. The summed E-state index contributed by atoms with van der Waals surface area (Å²) in [5.74, 6) is -0.216. The Labute approximate surface area is 155 Å². The zero-order valence-corrected chi connectivity index (χ0v) is 18.4. The van der Waals surface area contributed by atoms with Gasteiger partial charge in [-0.3, -0.25) is 4.99 Å². The van der Waals surface area contributed by atoms with E-state index in [2.05, 4.69) is 63.6 Å². The molecule has 1 aliphatic rings. The first kappa shape index (κ1) is 19.8. The molecule has 0 N–H and O–H groups in total. The first-order chi connectivity index (χ1) is 10.8. The van der Waals surface area contributed by atoms with Crippen LogP contribution in [0, 0.1) is 5.82 Å². The first-order valence-corrected chi connectivity index (χ1v) is 12.3. The molecule has 0 amide bonds. The van der Waals surface area contributed by atoms with Crippen molar-refractivity contribution >= 4 is 30.0 Å². The van der Waals surface area contributed by atoms with Gasteiger partial charge in [-0.15, -0.1) is 0 Å². The SMILES string of the molecule is CC(C)(O[Si](C)(C)C(C)(C)C)[C@H]1CCC(c2c(F)cccc2Br)=N1. The predicted octanol–water partition coefficient (Wildman–Crippen LogP) is 6.34. The van der Waals surface area contributed by atoms with Crippen molar-refractivity contribution in [2.24, 2.45) is 4.99 Å². The highest BCUT2D eigenvalue weighted by molar-refractivity contribution is 9.10. The summed E-state index contributed by atoms with van der Waals surface area (Å²) >= 11 is 3.46. The highest BCUT2D eigenvalue weighted by Crippen LogP contribution is 2.41. The van der Waals surface area contributed by atoms with Crippen LogP contribution in [0.15, 0.2) is 27.7 Å². The summed E-state index contributed by atoms with van der Waals surface area (Å²) < 4.78 is 21.6. The van der Waals surface area contributed by atoms with Gasteiger partial charge in [-0.1, -0.05) is 42.8 Å². The van der Waals surface area contributed by atoms with E-state index in [1.54, 1.807) is 6.07 Å². The Morgan fingerprint density at radius 1 is 1.21 bits per heavy atom. The smallest absolute Gasteiger partial charge is 0.192 e. The predicted molar refractivity (Wildman–Crippen MR) is 106 cm³/mol. The number of halogens is 2. The zero-order valence-electron chi connectivity index (χ0n) is 15.8. The van der Waals surface area contributed by atoms with Crippen LogP contribution in [-0.2, 0) is 4.43 Å². The second-order valence-corrected chi connectivity index (χ2v) is 14.3. The van der Waals surface area contributed by atoms with Gasteiger partial charge in [0.05, 0.1) is 11.6 Å². The number of hydrogen-bond donors (Lipinski definition) is 0. The largest absolute Gasteiger partial charge is 0.410 e. The van der Waals surface area contributed by atoms with E-state index in [1.807, 2.05) is 6.07 Å². The molecule has 0 radical (unpaired) electrons. The minimum absolute atomic E-state index is 0.0631. The van der Waals surface area contributed by atoms with Gasteiger partial charge in [0.2, 0.25) is 0 Å². The Kier molecular flexibility index (Phi) is 5.49. The molecule has 24 heavy (non-hydrogen) atoms. The van der Waals surface area contributed by atoms with Gasteiger partial charge in [0.15, 0.2) is 8.32 Å². The Morgan fingerprint density at radius 3 is 2.38 bits per heavy atom. The fourth-order valence-corrected chi connectivity index (χ4v) is 5.26. The minimum Gasteiger partial charge on any atom is -0.410 e. The lowest BCUT2D eigenvalue weighted by atomic mass is 9.97. The zero-order chi connectivity index (χ0) is 18.3. The van der Waals surface area contributed by atoms with Crippen LogP contribution in [0.5, 0.6) is 0 Å². The molecule has 1 atom stereocenters. The van der Waals surface area contributed by atoms with E-state index in [4.69, 9.17) is 9.42 Å². The van der Waals surface area contributed by atoms with Crippen LogP contribution in [0.1, 0.15) is 53.0 Å². The Morgan fingerprint density at radius 2 is 1.83 bits per heavy atom. The summed E-state index contributed by atoms with van der Waals surface area (Å²) in [4.78, 5) is 4.86. The summed E-state index contributed by atoms with van der Waals surface area (Å²) in [6, 6.07) is 5.13. The molecule has 0 aromatic heterocycles. The topological polar surface area (TPSA) is 21.6 Å². The van der Waals surface area contributed by atoms with Gasteiger partial charge >= 0.3 is 0 Å². The van der Waals surface area contributed by atoms with Gasteiger partial charge in [-0.05, 0) is 57.0 Å². The molecule has 1 heterocycles. The summed E-state index contributed by atoms with van der Waals surface area (Å²) in [5.41, 5.74) is 1.10. The fourth-order valence-electron chi connectivity index (χ4n) is 2.94. The molecule has 1 aromatic carbocycles. The molecular formula is C19H29BrFNOSi. The number of hydrogen-bond acceptors (Lipinski definition) is 2. The van der Waals surface area contributed by atoms with E-state index in [9.17, 15) is 4.39 Å². The molecule has 0 spiro atoms. The van der Waals surface area contributed by atoms with Crippen molar-refractivity contribution in [1.82, 2.24) is 0 Å². The van der Waals surface area contributed by atoms with E-state index >= 15 is 0 Å². The van der Waals surface area contributed by atoms with Crippen molar-refractivity contribution in [3.8, 4) is 0 Å². The van der Waals surface area contributed by atoms with E-state index < -0.39 is 8.32 Å². The Bertz CT molecular complexity index is 629. The number of benzene rings is 1. The van der Waals surface area contributed by atoms with Gasteiger partial charge in [0.25, 0.3) is 0 Å². The van der Waals surface area contributed by atoms with Crippen LogP contribution in [0.25, 0.3) is 0 Å². The standard InChI is InChI=1S/C19H29BrFNOSi/c1-18(2,3)24(6,7)23-19(4,5)16-12-11-15(22-16)17-13(20)9-8-10-14(17)21/h8-10,16H,11-12H2,1-7H3/t16-/m1/s1. The number of nitrogens with zero attached hydrogens (tertiary/aromatic N) is 1. The second kappa shape index (κ2) is 6.65. The van der Waals surface area contributed by atoms with E-state index in [-0.39, 0.29) is 22.5 Å². The molecule has 0 fully saturated rings. The molecule has 0 saturated carbocycles. The van der Waals surface area contributed by atoms with Gasteiger partial charge in [0, 0.05) is 15.7 Å². The maximum atomic E-state index is 14.2. The average Bonchev–Trinajstić information content (AvgIpc) is 2.86. The lowest BCUT2D eigenvalue weighted by Gasteiger charge is -2.44. The van der Waals surface area contributed by atoms with E-state index in [0.717, 1.165) is 23.0 Å². The fraction of sp³-hybridized carbons (Fsp3) is 0.632. The quantitative estimate of drug-likeness (QED) is 0.527. The van der Waals surface area contributed by atoms with Gasteiger partial charge in [-0.2, -0.15) is 0 Å². The van der Waals surface area contributed by atoms with Crippen molar-refractivity contribution in [2.75, 3.05) is 0 Å². The van der Waals surface area contributed by atoms with Crippen molar-refractivity contribution in [2.45, 2.75) is 77.2 Å². The van der Waals surface area contributed by atoms with Crippen LogP contribution < -0.4 is 0 Å². The summed E-state index contributed by atoms with van der Waals surface area (Å²) in [7, 11) is -1.88. The van der Waals surface area contributed by atoms with Crippen LogP contribution >= 0.6 is 15.9 Å². The molecule has 0 unspecified atom stereocenters. The molecular weight excluding hydrogens is 385 g/mol. The molecule has 2 rings (SSSR count). The lowest BCUT2D eigenvalue weighted by molar-refractivity contribution is 0.0651. The molecule has 1 aromatic rings. The van der Waals surface area contributed by atoms with Crippen molar-refractivity contribution in [3.63, 3.8) is 0 Å². The summed E-state index contributed by atoms with van der Waals surface area (Å²) in [6.45, 7) is 15.5. The Hall–Kier alpha value is -0.523. The maximum absolute atomic E-state index is 14.2. The molecule has 0 saturated heterocycles. The highest BCUT2D eigenvalue weighted by atomic mass is 79.9. The molecule has 5 heteroatoms. The summed E-state index contributed by atoms with van der Waals surface area (Å²) in [6.07, 6.45) is 1.69. The van der Waals surface area contributed by atoms with Crippen molar-refractivity contribution < 1.29 is 8.82 Å². The average molecular weight is 414 g/mol. The van der Waals surface area contributed by atoms with Crippen LogP contribution in [-0.4, -0.2) is 25.7 Å². The van der Waals surface area contributed by atoms with Gasteiger partial charge < -0.3 is 4.43 Å². The first-order valence-electron chi connectivity index (χ1n) is 8.56. The van der Waals surface area contributed by atoms with Crippen molar-refractivity contribution in [1.29, 1.82) is 0 Å². The Balaban J connectivity index is 2.27. The maximum Gasteiger partial charge on any atom is 0.192 e. The van der Waals surface area contributed by atoms with Crippen LogP contribution in [0.4, 0.5) is 4.39 Å². The van der Waals surface area contributed by atoms with Crippen LogP contribution in [0.3, 0.4) is 0 Å². The number of aliphatic imine (C=N–C) groups is 1. The third kappa shape index (κ3) is 4.00. The molecule has 1 aliphatic heterocycles. The normalized spacial score (nSPS) is 19.5. The molecule has 134 valence electrons. The monoisotopic (exact) mass is 413 g/mol. The van der Waals surface area contributed by atoms with Crippen molar-refractivity contribution in [3.05, 3.63) is 34.1 Å². The molecule has 2 nitrogen and oxygen atoms in total. The lowest BCUT2D eigenvalue weighted by Crippen LogP contribution is -2.51. The third-order valence-electron chi connectivity index (χ3n) is 5.34.